The normalized spacial score (nSPS) is 21.1. The summed E-state index contributed by atoms with van der Waals surface area (Å²) in [4.78, 5) is 38.8. The molecule has 2 aromatic carbocycles. The minimum absolute atomic E-state index is 0.0409. The molecule has 0 bridgehead atoms. The van der Waals surface area contributed by atoms with Gasteiger partial charge in [0.15, 0.2) is 0 Å². The van der Waals surface area contributed by atoms with E-state index < -0.39 is 11.9 Å². The number of hydrogen-bond acceptors (Lipinski definition) is 3. The van der Waals surface area contributed by atoms with Crippen LogP contribution in [0.4, 0.5) is 5.69 Å². The van der Waals surface area contributed by atoms with E-state index in [1.807, 2.05) is 13.0 Å². The highest BCUT2D eigenvalue weighted by Crippen LogP contribution is 2.44. The second-order valence-electron chi connectivity index (χ2n) is 8.01. The van der Waals surface area contributed by atoms with Gasteiger partial charge in [-0.1, -0.05) is 24.3 Å². The predicted octanol–water partition coefficient (Wildman–Crippen LogP) is 3.43. The van der Waals surface area contributed by atoms with Crippen molar-refractivity contribution < 1.29 is 19.5 Å². The van der Waals surface area contributed by atoms with Crippen molar-refractivity contribution in [1.82, 2.24) is 4.90 Å². The molecule has 1 heterocycles. The molecular weight excluding hydrogens is 368 g/mol. The van der Waals surface area contributed by atoms with Crippen LogP contribution in [0.25, 0.3) is 0 Å². The highest BCUT2D eigenvalue weighted by Gasteiger charge is 2.46. The Morgan fingerprint density at radius 3 is 2.38 bits per heavy atom. The molecule has 2 aliphatic rings. The van der Waals surface area contributed by atoms with Gasteiger partial charge in [-0.05, 0) is 61.4 Å². The van der Waals surface area contributed by atoms with Crippen LogP contribution in [0.1, 0.15) is 39.1 Å². The Balaban J connectivity index is 1.51. The number of aryl methyl sites for hydroxylation is 1. The number of nitrogens with zero attached hydrogens (tertiary/aromatic N) is 1. The summed E-state index contributed by atoms with van der Waals surface area (Å²) in [6.07, 6.45) is 2.10. The van der Waals surface area contributed by atoms with Crippen LogP contribution in [0.3, 0.4) is 0 Å². The van der Waals surface area contributed by atoms with Gasteiger partial charge in [-0.3, -0.25) is 14.4 Å². The molecule has 2 atom stereocenters. The van der Waals surface area contributed by atoms with E-state index in [0.29, 0.717) is 29.3 Å². The lowest BCUT2D eigenvalue weighted by atomic mass is 9.92. The summed E-state index contributed by atoms with van der Waals surface area (Å²) < 4.78 is 0. The molecule has 1 saturated heterocycles. The summed E-state index contributed by atoms with van der Waals surface area (Å²) >= 11 is 0. The standard InChI is InChI=1S/C23H24N2O4/c1-14-7-8-17(11-20(14)24-21(26)16-5-3-2-4-6-16)22(27)25-12-18(15-9-10-15)19(13-25)23(28)29/h2-8,11,15,18-19H,9-10,12-13H2,1H3,(H,24,26)(H,28,29)/t18-,19+/m1/s1. The molecule has 6 heteroatoms. The summed E-state index contributed by atoms with van der Waals surface area (Å²) in [5.74, 6) is -1.27. The van der Waals surface area contributed by atoms with Gasteiger partial charge in [0.2, 0.25) is 0 Å². The smallest absolute Gasteiger partial charge is 0.308 e. The Morgan fingerprint density at radius 1 is 1.00 bits per heavy atom. The van der Waals surface area contributed by atoms with Crippen molar-refractivity contribution in [2.24, 2.45) is 17.8 Å². The fraction of sp³-hybridized carbons (Fsp3) is 0.348. The molecular formula is C23H24N2O4. The zero-order valence-corrected chi connectivity index (χ0v) is 16.3. The molecule has 29 heavy (non-hydrogen) atoms. The Morgan fingerprint density at radius 2 is 1.72 bits per heavy atom. The third-order valence-corrected chi connectivity index (χ3v) is 5.97. The van der Waals surface area contributed by atoms with Gasteiger partial charge in [0.1, 0.15) is 0 Å². The molecule has 0 unspecified atom stereocenters. The van der Waals surface area contributed by atoms with Crippen LogP contribution in [0.15, 0.2) is 48.5 Å². The monoisotopic (exact) mass is 392 g/mol. The zero-order valence-electron chi connectivity index (χ0n) is 16.3. The number of amides is 2. The molecule has 1 saturated carbocycles. The third-order valence-electron chi connectivity index (χ3n) is 5.97. The number of nitrogens with one attached hydrogen (secondary N) is 1. The number of rotatable bonds is 5. The van der Waals surface area contributed by atoms with Gasteiger partial charge in [0, 0.05) is 29.9 Å². The summed E-state index contributed by atoms with van der Waals surface area (Å²) in [7, 11) is 0. The summed E-state index contributed by atoms with van der Waals surface area (Å²) in [5, 5.41) is 12.4. The molecule has 0 spiro atoms. The number of benzene rings is 2. The Kier molecular flexibility index (Phi) is 5.09. The van der Waals surface area contributed by atoms with Crippen molar-refractivity contribution in [2.75, 3.05) is 18.4 Å². The van der Waals surface area contributed by atoms with E-state index in [0.717, 1.165) is 18.4 Å². The summed E-state index contributed by atoms with van der Waals surface area (Å²) in [6, 6.07) is 14.1. The van der Waals surface area contributed by atoms with Gasteiger partial charge in [-0.15, -0.1) is 0 Å². The van der Waals surface area contributed by atoms with Crippen LogP contribution in [0.2, 0.25) is 0 Å². The molecule has 2 amide bonds. The number of carboxylic acid groups (broad SMARTS) is 1. The average molecular weight is 392 g/mol. The first-order chi connectivity index (χ1) is 13.9. The van der Waals surface area contributed by atoms with Gasteiger partial charge >= 0.3 is 5.97 Å². The number of carbonyl (C=O) groups excluding carboxylic acids is 2. The average Bonchev–Trinajstić information content (AvgIpc) is 3.47. The number of likely N-dealkylation sites (tertiary alicyclic amines) is 1. The first kappa shape index (κ1) is 19.2. The van der Waals surface area contributed by atoms with E-state index in [1.165, 1.54) is 0 Å². The SMILES string of the molecule is Cc1ccc(C(=O)N2C[C@H](C(=O)O)[C@@H](C3CC3)C2)cc1NC(=O)c1ccccc1. The van der Waals surface area contributed by atoms with E-state index in [2.05, 4.69) is 5.32 Å². The molecule has 2 fully saturated rings. The number of hydrogen-bond donors (Lipinski definition) is 2. The van der Waals surface area contributed by atoms with Gasteiger partial charge < -0.3 is 15.3 Å². The van der Waals surface area contributed by atoms with E-state index in [9.17, 15) is 19.5 Å². The van der Waals surface area contributed by atoms with Crippen molar-refractivity contribution in [3.05, 3.63) is 65.2 Å². The maximum atomic E-state index is 13.0. The summed E-state index contributed by atoms with van der Waals surface area (Å²) in [6.45, 7) is 2.60. The minimum Gasteiger partial charge on any atom is -0.481 e. The highest BCUT2D eigenvalue weighted by molar-refractivity contribution is 6.05. The second kappa shape index (κ2) is 7.70. The molecule has 150 valence electrons. The number of aliphatic carboxylic acids is 1. The summed E-state index contributed by atoms with van der Waals surface area (Å²) in [5.41, 5.74) is 2.43. The largest absolute Gasteiger partial charge is 0.481 e. The van der Waals surface area contributed by atoms with Crippen LogP contribution >= 0.6 is 0 Å². The van der Waals surface area contributed by atoms with Crippen molar-refractivity contribution >= 4 is 23.5 Å². The lowest BCUT2D eigenvalue weighted by molar-refractivity contribution is -0.142. The van der Waals surface area contributed by atoms with Gasteiger partial charge in [-0.25, -0.2) is 0 Å². The highest BCUT2D eigenvalue weighted by atomic mass is 16.4. The Hall–Kier alpha value is -3.15. The van der Waals surface area contributed by atoms with Gasteiger partial charge in [-0.2, -0.15) is 0 Å². The fourth-order valence-electron chi connectivity index (χ4n) is 4.11. The first-order valence-corrected chi connectivity index (χ1v) is 9.93. The van der Waals surface area contributed by atoms with Crippen molar-refractivity contribution in [3.8, 4) is 0 Å². The lowest BCUT2D eigenvalue weighted by Gasteiger charge is -2.18. The number of carbonyl (C=O) groups is 3. The van der Waals surface area contributed by atoms with Crippen LogP contribution in [-0.2, 0) is 4.79 Å². The number of anilines is 1. The van der Waals surface area contributed by atoms with Crippen LogP contribution in [0.5, 0.6) is 0 Å². The van der Waals surface area contributed by atoms with Crippen molar-refractivity contribution in [2.45, 2.75) is 19.8 Å². The molecule has 2 aromatic rings. The maximum absolute atomic E-state index is 13.0. The second-order valence-corrected chi connectivity index (χ2v) is 8.01. The van der Waals surface area contributed by atoms with Crippen molar-refractivity contribution in [3.63, 3.8) is 0 Å². The molecule has 0 radical (unpaired) electrons. The van der Waals surface area contributed by atoms with Crippen LogP contribution in [-0.4, -0.2) is 40.9 Å². The first-order valence-electron chi connectivity index (χ1n) is 9.93. The van der Waals surface area contributed by atoms with Gasteiger partial charge in [0.05, 0.1) is 5.92 Å². The topological polar surface area (TPSA) is 86.7 Å². The van der Waals surface area contributed by atoms with E-state index in [4.69, 9.17) is 0 Å². The minimum atomic E-state index is -0.822. The molecule has 2 N–H and O–H groups in total. The van der Waals surface area contributed by atoms with Crippen LogP contribution in [0, 0.1) is 24.7 Å². The Bertz CT molecular complexity index is 953. The zero-order chi connectivity index (χ0) is 20.5. The molecule has 6 nitrogen and oxygen atoms in total. The molecule has 1 aliphatic carbocycles. The van der Waals surface area contributed by atoms with Crippen molar-refractivity contribution in [1.29, 1.82) is 0 Å². The van der Waals surface area contributed by atoms with E-state index in [-0.39, 0.29) is 24.3 Å². The van der Waals surface area contributed by atoms with Gasteiger partial charge in [0.25, 0.3) is 11.8 Å². The van der Waals surface area contributed by atoms with E-state index >= 15 is 0 Å². The third kappa shape index (κ3) is 4.01. The quantitative estimate of drug-likeness (QED) is 0.816. The molecule has 1 aliphatic heterocycles. The van der Waals surface area contributed by atoms with E-state index in [1.54, 1.807) is 47.4 Å². The fourth-order valence-corrected chi connectivity index (χ4v) is 4.11. The Labute approximate surface area is 169 Å². The molecule has 4 rings (SSSR count). The molecule has 0 aromatic heterocycles. The predicted molar refractivity (Wildman–Crippen MR) is 109 cm³/mol. The number of carboxylic acids is 1. The lowest BCUT2D eigenvalue weighted by Crippen LogP contribution is -2.30. The van der Waals surface area contributed by atoms with Crippen LogP contribution < -0.4 is 5.32 Å². The maximum Gasteiger partial charge on any atom is 0.308 e.